The number of amides is 1. The van der Waals surface area contributed by atoms with Crippen molar-refractivity contribution >= 4 is 11.9 Å². The Kier molecular flexibility index (Phi) is 9.54. The molecule has 0 fully saturated rings. The molecular formula is C20H30F3N3O4. The molecule has 0 saturated heterocycles. The van der Waals surface area contributed by atoms with Crippen molar-refractivity contribution in [2.75, 3.05) is 27.2 Å². The molecule has 1 aromatic heterocycles. The highest BCUT2D eigenvalue weighted by Crippen LogP contribution is 2.32. The molecule has 1 atom stereocenters. The first-order chi connectivity index (χ1) is 13.8. The summed E-state index contributed by atoms with van der Waals surface area (Å²) >= 11 is 0. The Labute approximate surface area is 173 Å². The van der Waals surface area contributed by atoms with Crippen LogP contribution in [0, 0.1) is 5.92 Å². The van der Waals surface area contributed by atoms with Gasteiger partial charge in [0, 0.05) is 18.8 Å². The van der Waals surface area contributed by atoms with E-state index in [9.17, 15) is 27.6 Å². The lowest BCUT2D eigenvalue weighted by Crippen LogP contribution is -2.39. The summed E-state index contributed by atoms with van der Waals surface area (Å²) in [6.07, 6.45) is -3.07. The number of halogens is 3. The van der Waals surface area contributed by atoms with E-state index in [1.54, 1.807) is 0 Å². The van der Waals surface area contributed by atoms with Crippen molar-refractivity contribution in [3.8, 4) is 0 Å². The molecule has 7 nitrogen and oxygen atoms in total. The summed E-state index contributed by atoms with van der Waals surface area (Å²) in [6.45, 7) is 4.09. The number of carbonyl (C=O) groups excluding carboxylic acids is 1. The molecule has 30 heavy (non-hydrogen) atoms. The highest BCUT2D eigenvalue weighted by atomic mass is 19.4. The molecule has 0 spiro atoms. The number of carbonyl (C=O) groups is 2. The van der Waals surface area contributed by atoms with Gasteiger partial charge in [0.2, 0.25) is 5.91 Å². The summed E-state index contributed by atoms with van der Waals surface area (Å²) in [5.74, 6) is -1.71. The number of carboxylic acid groups (broad SMARTS) is 1. The summed E-state index contributed by atoms with van der Waals surface area (Å²) in [5.41, 5.74) is -1.95. The van der Waals surface area contributed by atoms with E-state index >= 15 is 0 Å². The van der Waals surface area contributed by atoms with Crippen LogP contribution in [-0.2, 0) is 22.2 Å². The summed E-state index contributed by atoms with van der Waals surface area (Å²) in [5, 5.41) is 11.2. The van der Waals surface area contributed by atoms with Gasteiger partial charge in [-0.2, -0.15) is 13.2 Å². The zero-order valence-electron chi connectivity index (χ0n) is 17.8. The number of aliphatic carboxylic acids is 1. The van der Waals surface area contributed by atoms with E-state index in [1.165, 1.54) is 0 Å². The van der Waals surface area contributed by atoms with E-state index in [4.69, 9.17) is 5.11 Å². The van der Waals surface area contributed by atoms with Gasteiger partial charge in [-0.25, -0.2) is 0 Å². The fourth-order valence-corrected chi connectivity index (χ4v) is 3.09. The van der Waals surface area contributed by atoms with E-state index in [1.807, 2.05) is 32.8 Å². The second kappa shape index (κ2) is 11.1. The van der Waals surface area contributed by atoms with Gasteiger partial charge in [-0.05, 0) is 51.4 Å². The van der Waals surface area contributed by atoms with Crippen molar-refractivity contribution in [3.63, 3.8) is 0 Å². The largest absolute Gasteiger partial charge is 0.481 e. The molecule has 0 bridgehead atoms. The lowest BCUT2D eigenvalue weighted by molar-refractivity contribution is -0.138. The molecule has 170 valence electrons. The van der Waals surface area contributed by atoms with E-state index in [-0.39, 0.29) is 37.3 Å². The zero-order chi connectivity index (χ0) is 23.1. The molecule has 0 aromatic carbocycles. The molecule has 1 amide bonds. The summed E-state index contributed by atoms with van der Waals surface area (Å²) in [4.78, 5) is 37.6. The number of nitrogens with zero attached hydrogens (tertiary/aromatic N) is 2. The topological polar surface area (TPSA) is 91.6 Å². The van der Waals surface area contributed by atoms with E-state index in [0.29, 0.717) is 19.0 Å². The molecule has 1 unspecified atom stereocenters. The van der Waals surface area contributed by atoms with Crippen LogP contribution in [0.5, 0.6) is 0 Å². The van der Waals surface area contributed by atoms with Crippen LogP contribution in [0.25, 0.3) is 0 Å². The molecule has 0 aliphatic rings. The van der Waals surface area contributed by atoms with Crippen LogP contribution in [0.4, 0.5) is 13.2 Å². The van der Waals surface area contributed by atoms with Gasteiger partial charge < -0.3 is 19.9 Å². The minimum atomic E-state index is -4.68. The van der Waals surface area contributed by atoms with Crippen molar-refractivity contribution in [2.24, 2.45) is 5.92 Å². The standard InChI is InChI=1S/C20H30F3N3O4/c1-13(2)10-16(19(30)24-8-7-18(28)29)26-12-14(6-5-9-25(3)4)15(11-17(26)27)20(21,22)23/h11-13,16H,5-10H2,1-4H3,(H,24,30)(H,28,29). The first kappa shape index (κ1) is 25.7. The third-order valence-corrected chi connectivity index (χ3v) is 4.49. The quantitative estimate of drug-likeness (QED) is 0.560. The molecule has 1 aromatic rings. The van der Waals surface area contributed by atoms with Gasteiger partial charge in [0.15, 0.2) is 0 Å². The Bertz CT molecular complexity index is 788. The SMILES string of the molecule is CC(C)CC(C(=O)NCCC(=O)O)n1cc(CCCN(C)C)c(C(F)(F)F)cc1=O. The lowest BCUT2D eigenvalue weighted by Gasteiger charge is -2.23. The van der Waals surface area contributed by atoms with Crippen LogP contribution in [0.15, 0.2) is 17.1 Å². The fraction of sp³-hybridized carbons (Fsp3) is 0.650. The van der Waals surface area contributed by atoms with E-state index in [0.717, 1.165) is 10.8 Å². The highest BCUT2D eigenvalue weighted by molar-refractivity contribution is 5.80. The van der Waals surface area contributed by atoms with E-state index in [2.05, 4.69) is 5.32 Å². The molecule has 10 heteroatoms. The van der Waals surface area contributed by atoms with Gasteiger partial charge in [-0.15, -0.1) is 0 Å². The number of hydrogen-bond donors (Lipinski definition) is 2. The Morgan fingerprint density at radius 3 is 2.40 bits per heavy atom. The van der Waals surface area contributed by atoms with Gasteiger partial charge in [-0.3, -0.25) is 14.4 Å². The van der Waals surface area contributed by atoms with Gasteiger partial charge in [0.25, 0.3) is 5.56 Å². The molecule has 0 aliphatic heterocycles. The van der Waals surface area contributed by atoms with Crippen molar-refractivity contribution in [2.45, 2.75) is 51.7 Å². The monoisotopic (exact) mass is 433 g/mol. The zero-order valence-corrected chi connectivity index (χ0v) is 17.8. The maximum Gasteiger partial charge on any atom is 0.416 e. The Balaban J connectivity index is 3.32. The predicted molar refractivity (Wildman–Crippen MR) is 106 cm³/mol. The van der Waals surface area contributed by atoms with Crippen LogP contribution in [0.3, 0.4) is 0 Å². The lowest BCUT2D eigenvalue weighted by atomic mass is 10.0. The Morgan fingerprint density at radius 1 is 1.27 bits per heavy atom. The molecule has 1 rings (SSSR count). The predicted octanol–water partition coefficient (Wildman–Crippen LogP) is 2.54. The smallest absolute Gasteiger partial charge is 0.416 e. The second-order valence-corrected chi connectivity index (χ2v) is 7.94. The van der Waals surface area contributed by atoms with Crippen LogP contribution in [-0.4, -0.2) is 53.6 Å². The minimum Gasteiger partial charge on any atom is -0.481 e. The number of aromatic nitrogens is 1. The number of pyridine rings is 1. The maximum absolute atomic E-state index is 13.5. The first-order valence-electron chi connectivity index (χ1n) is 9.79. The molecular weight excluding hydrogens is 403 g/mol. The molecule has 2 N–H and O–H groups in total. The first-order valence-corrected chi connectivity index (χ1v) is 9.79. The maximum atomic E-state index is 13.5. The summed E-state index contributed by atoms with van der Waals surface area (Å²) in [6, 6.07) is -0.482. The fourth-order valence-electron chi connectivity index (χ4n) is 3.09. The number of hydrogen-bond acceptors (Lipinski definition) is 4. The number of carboxylic acids is 1. The third-order valence-electron chi connectivity index (χ3n) is 4.49. The van der Waals surface area contributed by atoms with Crippen molar-refractivity contribution in [3.05, 3.63) is 33.7 Å². The van der Waals surface area contributed by atoms with Crippen LogP contribution in [0.2, 0.25) is 0 Å². The number of alkyl halides is 3. The molecule has 0 saturated carbocycles. The second-order valence-electron chi connectivity index (χ2n) is 7.94. The van der Waals surface area contributed by atoms with Crippen LogP contribution >= 0.6 is 0 Å². The van der Waals surface area contributed by atoms with Gasteiger partial charge in [0.1, 0.15) is 6.04 Å². The van der Waals surface area contributed by atoms with Gasteiger partial charge >= 0.3 is 12.1 Å². The third kappa shape index (κ3) is 8.17. The van der Waals surface area contributed by atoms with Crippen molar-refractivity contribution in [1.82, 2.24) is 14.8 Å². The average molecular weight is 433 g/mol. The van der Waals surface area contributed by atoms with Gasteiger partial charge in [-0.1, -0.05) is 13.8 Å². The molecule has 1 heterocycles. The van der Waals surface area contributed by atoms with Crippen molar-refractivity contribution in [1.29, 1.82) is 0 Å². The van der Waals surface area contributed by atoms with Crippen LogP contribution in [0.1, 0.15) is 50.3 Å². The molecule has 0 aliphatic carbocycles. The Hall–Kier alpha value is -2.36. The summed E-state index contributed by atoms with van der Waals surface area (Å²) < 4.78 is 41.4. The average Bonchev–Trinajstić information content (AvgIpc) is 2.59. The molecule has 0 radical (unpaired) electrons. The number of aryl methyl sites for hydroxylation is 1. The Morgan fingerprint density at radius 2 is 1.90 bits per heavy atom. The summed E-state index contributed by atoms with van der Waals surface area (Å²) in [7, 11) is 3.62. The van der Waals surface area contributed by atoms with Crippen molar-refractivity contribution < 1.29 is 27.9 Å². The minimum absolute atomic E-state index is 0.0217. The number of nitrogens with one attached hydrogen (secondary N) is 1. The van der Waals surface area contributed by atoms with Crippen LogP contribution < -0.4 is 10.9 Å². The highest BCUT2D eigenvalue weighted by Gasteiger charge is 2.35. The number of rotatable bonds is 11. The van der Waals surface area contributed by atoms with Gasteiger partial charge in [0.05, 0.1) is 12.0 Å². The van der Waals surface area contributed by atoms with E-state index < -0.39 is 35.2 Å². The normalized spacial score (nSPS) is 13.0.